The predicted octanol–water partition coefficient (Wildman–Crippen LogP) is 2.37. The van der Waals surface area contributed by atoms with E-state index >= 15 is 0 Å². The van der Waals surface area contributed by atoms with Crippen LogP contribution in [-0.4, -0.2) is 23.1 Å². The Balaban J connectivity index is 2.07. The van der Waals surface area contributed by atoms with Gasteiger partial charge < -0.3 is 19.6 Å². The van der Waals surface area contributed by atoms with Crippen molar-refractivity contribution in [3.63, 3.8) is 0 Å². The first kappa shape index (κ1) is 16.7. The molecule has 2 aromatic heterocycles. The third kappa shape index (κ3) is 3.09. The number of aliphatic hydroxyl groups excluding tert-OH is 1. The lowest BCUT2D eigenvalue weighted by molar-refractivity contribution is 0.102. The zero-order chi connectivity index (χ0) is 18.0. The lowest BCUT2D eigenvalue weighted by Crippen LogP contribution is -2.21. The first-order chi connectivity index (χ1) is 12.0. The van der Waals surface area contributed by atoms with Gasteiger partial charge in [0.05, 0.1) is 25.1 Å². The molecule has 0 atom stereocenters. The van der Waals surface area contributed by atoms with Crippen LogP contribution in [0.2, 0.25) is 0 Å². The molecule has 3 aromatic rings. The highest BCUT2D eigenvalue weighted by Gasteiger charge is 2.16. The zero-order valence-corrected chi connectivity index (χ0v) is 13.8. The van der Waals surface area contributed by atoms with Crippen molar-refractivity contribution in [2.75, 3.05) is 12.4 Å². The van der Waals surface area contributed by atoms with Crippen LogP contribution in [0.3, 0.4) is 0 Å². The number of benzene rings is 1. The highest BCUT2D eigenvalue weighted by molar-refractivity contribution is 6.06. The molecule has 1 aromatic carbocycles. The number of aromatic nitrogens is 1. The second kappa shape index (κ2) is 6.74. The summed E-state index contributed by atoms with van der Waals surface area (Å²) in [7, 11) is 1.51. The summed E-state index contributed by atoms with van der Waals surface area (Å²) in [4.78, 5) is 16.7. The number of aliphatic hydroxyl groups is 1. The van der Waals surface area contributed by atoms with Gasteiger partial charge >= 0.3 is 0 Å². The number of methoxy groups -OCH3 is 1. The predicted molar refractivity (Wildman–Crippen MR) is 91.5 cm³/mol. The summed E-state index contributed by atoms with van der Waals surface area (Å²) < 4.78 is 10.7. The molecule has 0 unspecified atom stereocenters. The number of hydrogen-bond acceptors (Lipinski definition) is 6. The number of anilines is 1. The molecule has 25 heavy (non-hydrogen) atoms. The van der Waals surface area contributed by atoms with Gasteiger partial charge in [-0.05, 0) is 25.1 Å². The van der Waals surface area contributed by atoms with E-state index < -0.39 is 5.91 Å². The molecule has 7 heteroatoms. The van der Waals surface area contributed by atoms with Crippen molar-refractivity contribution in [3.8, 4) is 5.75 Å². The molecule has 1 amide bonds. The molecule has 7 nitrogen and oxygen atoms in total. The van der Waals surface area contributed by atoms with Gasteiger partial charge in [-0.2, -0.15) is 0 Å². The van der Waals surface area contributed by atoms with Crippen LogP contribution in [-0.2, 0) is 6.61 Å². The number of hydrogen-bond donors (Lipinski definition) is 3. The van der Waals surface area contributed by atoms with Gasteiger partial charge in [0.1, 0.15) is 11.3 Å². The quantitative estimate of drug-likeness (QED) is 0.676. The number of fused-ring (bicyclic) bond motifs is 1. The third-order valence-corrected chi connectivity index (χ3v) is 3.84. The van der Waals surface area contributed by atoms with Crippen molar-refractivity contribution in [2.45, 2.75) is 13.5 Å². The highest BCUT2D eigenvalue weighted by Crippen LogP contribution is 2.24. The van der Waals surface area contributed by atoms with Crippen molar-refractivity contribution in [1.82, 2.24) is 4.98 Å². The first-order valence-corrected chi connectivity index (χ1v) is 7.57. The second-order valence-electron chi connectivity index (χ2n) is 5.41. The number of ether oxygens (including phenoxy) is 1. The molecule has 0 aliphatic carbocycles. The first-order valence-electron chi connectivity index (χ1n) is 7.57. The minimum Gasteiger partial charge on any atom is -0.495 e. The number of carbonyl (C=O) groups is 1. The standard InChI is InChI=1S/C18H17N3O4/c1-10-16-12(11(9-22)8-20-10)7-13(17(19)25-16)18(23)21-14-5-3-4-6-15(14)24-2/h3-8,19,22H,9H2,1-2H3,(H,21,23). The minimum atomic E-state index is -0.501. The normalized spacial score (nSPS) is 10.7. The van der Waals surface area contributed by atoms with Gasteiger partial charge in [0, 0.05) is 17.1 Å². The third-order valence-electron chi connectivity index (χ3n) is 3.84. The summed E-state index contributed by atoms with van der Waals surface area (Å²) in [5.41, 5.74) is 1.75. The number of nitrogens with one attached hydrogen (secondary N) is 2. The van der Waals surface area contributed by atoms with Crippen molar-refractivity contribution in [3.05, 3.63) is 58.9 Å². The maximum Gasteiger partial charge on any atom is 0.261 e. The second-order valence-corrected chi connectivity index (χ2v) is 5.41. The SMILES string of the molecule is COc1ccccc1NC(=O)c1cc2c(CO)cnc(C)c2oc1=N. The Hall–Kier alpha value is -3.19. The van der Waals surface area contributed by atoms with Crippen LogP contribution in [0.5, 0.6) is 5.75 Å². The van der Waals surface area contributed by atoms with E-state index in [4.69, 9.17) is 14.6 Å². The molecule has 0 saturated carbocycles. The summed E-state index contributed by atoms with van der Waals surface area (Å²) >= 11 is 0. The van der Waals surface area contributed by atoms with E-state index in [1.807, 2.05) is 0 Å². The van der Waals surface area contributed by atoms with E-state index in [9.17, 15) is 9.90 Å². The number of para-hydroxylation sites is 2. The van der Waals surface area contributed by atoms with Gasteiger partial charge in [0.25, 0.3) is 5.91 Å². The maximum atomic E-state index is 12.6. The van der Waals surface area contributed by atoms with Crippen LogP contribution in [0.25, 0.3) is 11.0 Å². The molecule has 0 radical (unpaired) electrons. The van der Waals surface area contributed by atoms with Crippen LogP contribution < -0.4 is 15.6 Å². The molecule has 0 aliphatic heterocycles. The van der Waals surface area contributed by atoms with Gasteiger partial charge in [-0.3, -0.25) is 15.2 Å². The summed E-state index contributed by atoms with van der Waals surface area (Å²) in [5.74, 6) is 0.00899. The van der Waals surface area contributed by atoms with Gasteiger partial charge in [0.15, 0.2) is 5.58 Å². The smallest absolute Gasteiger partial charge is 0.261 e. The van der Waals surface area contributed by atoms with Crippen molar-refractivity contribution in [2.24, 2.45) is 0 Å². The Bertz CT molecular complexity index is 1010. The summed E-state index contributed by atoms with van der Waals surface area (Å²) in [6, 6.07) is 8.52. The average molecular weight is 339 g/mol. The van der Waals surface area contributed by atoms with Crippen LogP contribution in [0, 0.1) is 12.3 Å². The summed E-state index contributed by atoms with van der Waals surface area (Å²) in [6.45, 7) is 1.49. The fourth-order valence-electron chi connectivity index (χ4n) is 2.53. The molecule has 2 heterocycles. The topological polar surface area (TPSA) is 108 Å². The number of nitrogens with zero attached hydrogens (tertiary/aromatic N) is 1. The lowest BCUT2D eigenvalue weighted by atomic mass is 10.1. The number of rotatable bonds is 4. The van der Waals surface area contributed by atoms with Gasteiger partial charge in [-0.15, -0.1) is 0 Å². The maximum absolute atomic E-state index is 12.6. The fourth-order valence-corrected chi connectivity index (χ4v) is 2.53. The molecular weight excluding hydrogens is 322 g/mol. The van der Waals surface area contributed by atoms with Crippen LogP contribution in [0.1, 0.15) is 21.6 Å². The zero-order valence-electron chi connectivity index (χ0n) is 13.8. The minimum absolute atomic E-state index is 0.0544. The molecule has 3 N–H and O–H groups in total. The fraction of sp³-hybridized carbons (Fsp3) is 0.167. The Kier molecular flexibility index (Phi) is 4.49. The Morgan fingerprint density at radius 3 is 2.88 bits per heavy atom. The summed E-state index contributed by atoms with van der Waals surface area (Å²) in [5, 5.41) is 20.8. The largest absolute Gasteiger partial charge is 0.495 e. The van der Waals surface area contributed by atoms with Crippen molar-refractivity contribution < 1.29 is 19.1 Å². The van der Waals surface area contributed by atoms with Gasteiger partial charge in [0.2, 0.25) is 5.55 Å². The van der Waals surface area contributed by atoms with E-state index in [1.165, 1.54) is 19.4 Å². The van der Waals surface area contributed by atoms with E-state index in [0.717, 1.165) is 0 Å². The van der Waals surface area contributed by atoms with E-state index in [2.05, 4.69) is 10.3 Å². The number of pyridine rings is 1. The number of amides is 1. The van der Waals surface area contributed by atoms with E-state index in [-0.39, 0.29) is 17.7 Å². The molecule has 0 aliphatic rings. The van der Waals surface area contributed by atoms with Gasteiger partial charge in [-0.25, -0.2) is 0 Å². The number of aryl methyl sites for hydroxylation is 1. The Morgan fingerprint density at radius 1 is 1.40 bits per heavy atom. The molecule has 0 spiro atoms. The lowest BCUT2D eigenvalue weighted by Gasteiger charge is -2.11. The van der Waals surface area contributed by atoms with Crippen molar-refractivity contribution >= 4 is 22.6 Å². The van der Waals surface area contributed by atoms with Crippen LogP contribution in [0.15, 0.2) is 40.9 Å². The molecular formula is C18H17N3O4. The van der Waals surface area contributed by atoms with E-state index in [0.29, 0.717) is 33.7 Å². The highest BCUT2D eigenvalue weighted by atomic mass is 16.5. The summed E-state index contributed by atoms with van der Waals surface area (Å²) in [6.07, 6.45) is 1.53. The van der Waals surface area contributed by atoms with Crippen molar-refractivity contribution in [1.29, 1.82) is 5.41 Å². The van der Waals surface area contributed by atoms with E-state index in [1.54, 1.807) is 31.2 Å². The molecule has 0 fully saturated rings. The molecule has 128 valence electrons. The molecule has 0 saturated heterocycles. The molecule has 0 bridgehead atoms. The monoisotopic (exact) mass is 339 g/mol. The van der Waals surface area contributed by atoms with Crippen LogP contribution >= 0.6 is 0 Å². The Morgan fingerprint density at radius 2 is 2.16 bits per heavy atom. The van der Waals surface area contributed by atoms with Gasteiger partial charge in [-0.1, -0.05) is 12.1 Å². The molecule has 3 rings (SSSR count). The average Bonchev–Trinajstić information content (AvgIpc) is 2.62. The Labute approximate surface area is 143 Å². The van der Waals surface area contributed by atoms with Crippen LogP contribution in [0.4, 0.5) is 5.69 Å². The number of carbonyl (C=O) groups excluding carboxylic acids is 1.